The van der Waals surface area contributed by atoms with Gasteiger partial charge in [-0.25, -0.2) is 9.80 Å². The predicted octanol–water partition coefficient (Wildman–Crippen LogP) is 6.64. The summed E-state index contributed by atoms with van der Waals surface area (Å²) in [5, 5.41) is 9.10. The first kappa shape index (κ1) is 24.3. The largest absolute Gasteiger partial charge is 0.573 e. The molecule has 1 aliphatic heterocycles. The van der Waals surface area contributed by atoms with Crippen LogP contribution in [0.15, 0.2) is 53.6 Å². The molecular formula is C22H23ClF3N3O2S. The van der Waals surface area contributed by atoms with Crippen molar-refractivity contribution in [1.82, 2.24) is 5.01 Å². The molecule has 0 spiro atoms. The van der Waals surface area contributed by atoms with E-state index in [4.69, 9.17) is 11.6 Å². The molecule has 2 aromatic carbocycles. The van der Waals surface area contributed by atoms with Crippen LogP contribution in [0, 0.1) is 5.41 Å². The van der Waals surface area contributed by atoms with E-state index in [0.29, 0.717) is 11.6 Å². The lowest BCUT2D eigenvalue weighted by molar-refractivity contribution is -0.274. The number of anilines is 1. The molecule has 10 heteroatoms. The van der Waals surface area contributed by atoms with Crippen LogP contribution in [0.2, 0.25) is 5.02 Å². The van der Waals surface area contributed by atoms with Crippen molar-refractivity contribution in [2.45, 2.75) is 26.1 Å². The van der Waals surface area contributed by atoms with Gasteiger partial charge in [-0.15, -0.1) is 13.2 Å². The number of ether oxygens (including phenoxy) is 1. The Hall–Kier alpha value is -2.39. The summed E-state index contributed by atoms with van der Waals surface area (Å²) in [6.45, 7) is 2.41. The zero-order chi connectivity index (χ0) is 23.4. The number of halogens is 4. The van der Waals surface area contributed by atoms with E-state index < -0.39 is 18.1 Å². The summed E-state index contributed by atoms with van der Waals surface area (Å²) in [5.41, 5.74) is 1.45. The number of amides is 2. The quantitative estimate of drug-likeness (QED) is 0.447. The molecule has 0 bridgehead atoms. The second kappa shape index (κ2) is 10.0. The fourth-order valence-electron chi connectivity index (χ4n) is 3.58. The van der Waals surface area contributed by atoms with Crippen molar-refractivity contribution >= 4 is 40.8 Å². The van der Waals surface area contributed by atoms with E-state index in [0.717, 1.165) is 35.9 Å². The van der Waals surface area contributed by atoms with Crippen molar-refractivity contribution in [3.05, 3.63) is 59.1 Å². The van der Waals surface area contributed by atoms with Crippen molar-refractivity contribution in [3.63, 3.8) is 0 Å². The van der Waals surface area contributed by atoms with Gasteiger partial charge in [0.15, 0.2) is 0 Å². The third-order valence-electron chi connectivity index (χ3n) is 5.04. The second-order valence-corrected chi connectivity index (χ2v) is 9.10. The summed E-state index contributed by atoms with van der Waals surface area (Å²) in [5.74, 6) is 0.575. The molecule has 1 heterocycles. The third kappa shape index (κ3) is 6.32. The Morgan fingerprint density at radius 2 is 2.00 bits per heavy atom. The van der Waals surface area contributed by atoms with E-state index in [9.17, 15) is 18.0 Å². The lowest BCUT2D eigenvalue weighted by atomic mass is 9.78. The maximum Gasteiger partial charge on any atom is 0.573 e. The summed E-state index contributed by atoms with van der Waals surface area (Å²) in [6, 6.07) is 11.9. The fraction of sp³-hybridized carbons (Fsp3) is 0.364. The molecule has 32 heavy (non-hydrogen) atoms. The number of nitrogens with one attached hydrogen (secondary N) is 1. The van der Waals surface area contributed by atoms with E-state index in [-0.39, 0.29) is 11.1 Å². The Labute approximate surface area is 194 Å². The molecule has 0 aliphatic carbocycles. The number of hydrazone groups is 1. The van der Waals surface area contributed by atoms with Crippen molar-refractivity contribution in [2.75, 3.05) is 23.9 Å². The molecule has 2 aromatic rings. The van der Waals surface area contributed by atoms with Gasteiger partial charge in [0.1, 0.15) is 5.75 Å². The number of benzene rings is 2. The van der Waals surface area contributed by atoms with Gasteiger partial charge in [0.05, 0.1) is 12.3 Å². The molecule has 2 amide bonds. The molecule has 0 aromatic heterocycles. The second-order valence-electron chi connectivity index (χ2n) is 7.68. The maximum atomic E-state index is 12.9. The fourth-order valence-corrected chi connectivity index (χ4v) is 4.14. The smallest absolute Gasteiger partial charge is 0.406 e. The topological polar surface area (TPSA) is 53.9 Å². The van der Waals surface area contributed by atoms with Gasteiger partial charge in [-0.2, -0.15) is 16.9 Å². The van der Waals surface area contributed by atoms with Crippen LogP contribution >= 0.6 is 23.4 Å². The van der Waals surface area contributed by atoms with Gasteiger partial charge in [-0.05, 0) is 54.7 Å². The third-order valence-corrected chi connectivity index (χ3v) is 5.99. The molecular weight excluding hydrogens is 463 g/mol. The Morgan fingerprint density at radius 1 is 1.28 bits per heavy atom. The first-order chi connectivity index (χ1) is 15.1. The average molecular weight is 486 g/mol. The Bertz CT molecular complexity index is 985. The molecule has 1 aliphatic rings. The Kier molecular flexibility index (Phi) is 7.61. The van der Waals surface area contributed by atoms with Gasteiger partial charge in [-0.3, -0.25) is 0 Å². The minimum absolute atomic E-state index is 0.177. The Balaban J connectivity index is 1.80. The van der Waals surface area contributed by atoms with Crippen LogP contribution < -0.4 is 10.1 Å². The molecule has 0 fully saturated rings. The Morgan fingerprint density at radius 3 is 2.66 bits per heavy atom. The molecule has 0 saturated carbocycles. The highest BCUT2D eigenvalue weighted by molar-refractivity contribution is 7.98. The molecule has 0 radical (unpaired) electrons. The van der Waals surface area contributed by atoms with Crippen LogP contribution in [0.1, 0.15) is 25.3 Å². The zero-order valence-electron chi connectivity index (χ0n) is 17.6. The summed E-state index contributed by atoms with van der Waals surface area (Å²) in [7, 11) is 0. The highest BCUT2D eigenvalue weighted by Gasteiger charge is 2.41. The van der Waals surface area contributed by atoms with Crippen LogP contribution in [0.25, 0.3) is 0 Å². The van der Waals surface area contributed by atoms with E-state index >= 15 is 0 Å². The monoisotopic (exact) mass is 485 g/mol. The number of thioether (sulfide) groups is 1. The van der Waals surface area contributed by atoms with E-state index in [2.05, 4.69) is 22.1 Å². The lowest BCUT2D eigenvalue weighted by Gasteiger charge is -2.26. The minimum Gasteiger partial charge on any atom is -0.406 e. The first-order valence-electron chi connectivity index (χ1n) is 9.88. The minimum atomic E-state index is -4.81. The number of carbonyl (C=O) groups is 1. The molecule has 1 atom stereocenters. The van der Waals surface area contributed by atoms with Crippen LogP contribution in [0.5, 0.6) is 5.75 Å². The number of hydrogen-bond acceptors (Lipinski definition) is 4. The molecule has 5 nitrogen and oxygen atoms in total. The van der Waals surface area contributed by atoms with E-state index in [1.54, 1.807) is 23.9 Å². The standard InChI is InChI=1S/C22H23ClF3N3O2S/c1-21(11-4-12-32-2)14-29(28-19(21)15-7-9-16(23)10-8-15)20(30)27-17-5-3-6-18(13-17)31-22(24,25)26/h3,5-10,13H,4,11-12,14H2,1-2H3,(H,27,30). The summed E-state index contributed by atoms with van der Waals surface area (Å²) >= 11 is 7.77. The van der Waals surface area contributed by atoms with Gasteiger partial charge < -0.3 is 10.1 Å². The van der Waals surface area contributed by atoms with Crippen LogP contribution in [0.4, 0.5) is 23.7 Å². The van der Waals surface area contributed by atoms with Crippen molar-refractivity contribution in [1.29, 1.82) is 0 Å². The normalized spacial score (nSPS) is 18.4. The number of urea groups is 1. The molecule has 1 N–H and O–H groups in total. The van der Waals surface area contributed by atoms with Gasteiger partial charge >= 0.3 is 12.4 Å². The van der Waals surface area contributed by atoms with Crippen molar-refractivity contribution < 1.29 is 22.7 Å². The molecule has 0 saturated heterocycles. The van der Waals surface area contributed by atoms with Crippen LogP contribution in [0.3, 0.4) is 0 Å². The highest BCUT2D eigenvalue weighted by Crippen LogP contribution is 2.36. The molecule has 172 valence electrons. The van der Waals surface area contributed by atoms with E-state index in [1.165, 1.54) is 23.2 Å². The van der Waals surface area contributed by atoms with Crippen LogP contribution in [-0.2, 0) is 0 Å². The highest BCUT2D eigenvalue weighted by atomic mass is 35.5. The van der Waals surface area contributed by atoms with Crippen molar-refractivity contribution in [3.8, 4) is 5.75 Å². The lowest BCUT2D eigenvalue weighted by Crippen LogP contribution is -2.35. The van der Waals surface area contributed by atoms with Gasteiger partial charge in [-0.1, -0.05) is 36.7 Å². The average Bonchev–Trinajstić information content (AvgIpc) is 3.05. The maximum absolute atomic E-state index is 12.9. The molecule has 1 unspecified atom stereocenters. The zero-order valence-corrected chi connectivity index (χ0v) is 19.2. The predicted molar refractivity (Wildman–Crippen MR) is 123 cm³/mol. The number of hydrogen-bond donors (Lipinski definition) is 1. The van der Waals surface area contributed by atoms with Crippen LogP contribution in [-0.4, -0.2) is 41.7 Å². The van der Waals surface area contributed by atoms with E-state index in [1.807, 2.05) is 18.4 Å². The summed E-state index contributed by atoms with van der Waals surface area (Å²) < 4.78 is 41.4. The van der Waals surface area contributed by atoms with Gasteiger partial charge in [0, 0.05) is 22.2 Å². The first-order valence-corrected chi connectivity index (χ1v) is 11.7. The number of nitrogens with zero attached hydrogens (tertiary/aromatic N) is 2. The number of rotatable bonds is 7. The van der Waals surface area contributed by atoms with Gasteiger partial charge in [0.2, 0.25) is 0 Å². The summed E-state index contributed by atoms with van der Waals surface area (Å²) in [6.07, 6.45) is -0.986. The summed E-state index contributed by atoms with van der Waals surface area (Å²) in [4.78, 5) is 12.9. The molecule has 3 rings (SSSR count). The number of alkyl halides is 3. The SMILES string of the molecule is CSCCCC1(C)CN(C(=O)Nc2cccc(OC(F)(F)F)c2)N=C1c1ccc(Cl)cc1. The van der Waals surface area contributed by atoms with Gasteiger partial charge in [0.25, 0.3) is 0 Å². The number of carbonyl (C=O) groups excluding carboxylic acids is 1. The van der Waals surface area contributed by atoms with Crippen molar-refractivity contribution in [2.24, 2.45) is 10.5 Å².